The molecule has 0 radical (unpaired) electrons. The van der Waals surface area contributed by atoms with Crippen molar-refractivity contribution in [3.8, 4) is 0 Å². The second kappa shape index (κ2) is 6.75. The van der Waals surface area contributed by atoms with Gasteiger partial charge in [-0.1, -0.05) is 0 Å². The van der Waals surface area contributed by atoms with Gasteiger partial charge >= 0.3 is 11.9 Å². The Kier molecular flexibility index (Phi) is 5.22. The molecule has 0 aliphatic heterocycles. The van der Waals surface area contributed by atoms with Crippen LogP contribution < -0.4 is 0 Å². The van der Waals surface area contributed by atoms with Crippen LogP contribution in [0.5, 0.6) is 0 Å². The number of esters is 2. The van der Waals surface area contributed by atoms with Crippen LogP contribution in [0.2, 0.25) is 0 Å². The first-order valence-electron chi connectivity index (χ1n) is 7.44. The molecule has 21 heavy (non-hydrogen) atoms. The molecule has 2 fully saturated rings. The predicted molar refractivity (Wildman–Crippen MR) is 72.9 cm³/mol. The van der Waals surface area contributed by atoms with Gasteiger partial charge in [0.15, 0.2) is 12.6 Å². The van der Waals surface area contributed by atoms with Crippen molar-refractivity contribution in [2.75, 3.05) is 14.2 Å². The maximum absolute atomic E-state index is 12.3. The molecule has 2 saturated carbocycles. The Morgan fingerprint density at radius 2 is 1.24 bits per heavy atom. The summed E-state index contributed by atoms with van der Waals surface area (Å²) < 4.78 is 20.4. The summed E-state index contributed by atoms with van der Waals surface area (Å²) in [5, 5.41) is 0. The van der Waals surface area contributed by atoms with Crippen LogP contribution in [0.1, 0.15) is 33.1 Å². The predicted octanol–water partition coefficient (Wildman–Crippen LogP) is 1.72. The monoisotopic (exact) mass is 300 g/mol. The van der Waals surface area contributed by atoms with Gasteiger partial charge < -0.3 is 18.9 Å². The summed E-state index contributed by atoms with van der Waals surface area (Å²) in [6, 6.07) is 0. The molecule has 2 aliphatic carbocycles. The lowest BCUT2D eigenvalue weighted by Crippen LogP contribution is -2.39. The lowest BCUT2D eigenvalue weighted by atomic mass is 9.79. The molecule has 6 heteroatoms. The minimum absolute atomic E-state index is 0.210. The highest BCUT2D eigenvalue weighted by Crippen LogP contribution is 2.53. The number of carbonyl (C=O) groups is 2. The van der Waals surface area contributed by atoms with Gasteiger partial charge in [-0.3, -0.25) is 9.59 Å². The van der Waals surface area contributed by atoms with Crippen LogP contribution in [0.4, 0.5) is 0 Å². The van der Waals surface area contributed by atoms with Gasteiger partial charge in [0.05, 0.1) is 11.8 Å². The van der Waals surface area contributed by atoms with E-state index in [1.54, 1.807) is 13.8 Å². The van der Waals surface area contributed by atoms with Crippen molar-refractivity contribution in [1.29, 1.82) is 0 Å². The zero-order valence-electron chi connectivity index (χ0n) is 13.0. The first-order valence-corrected chi connectivity index (χ1v) is 7.44. The van der Waals surface area contributed by atoms with Crippen LogP contribution in [0.3, 0.4) is 0 Å². The molecule has 2 rings (SSSR count). The zero-order valence-corrected chi connectivity index (χ0v) is 13.0. The first kappa shape index (κ1) is 16.2. The van der Waals surface area contributed by atoms with Crippen LogP contribution in [-0.4, -0.2) is 38.7 Å². The minimum Gasteiger partial charge on any atom is -0.436 e. The van der Waals surface area contributed by atoms with Crippen LogP contribution in [0.15, 0.2) is 0 Å². The molecule has 6 atom stereocenters. The molecular formula is C15H24O6. The quantitative estimate of drug-likeness (QED) is 0.549. The first-order chi connectivity index (χ1) is 9.97. The maximum Gasteiger partial charge on any atom is 0.312 e. The van der Waals surface area contributed by atoms with Gasteiger partial charge in [0.25, 0.3) is 0 Å². The molecular weight excluding hydrogens is 276 g/mol. The Hall–Kier alpha value is -1.14. The van der Waals surface area contributed by atoms with Gasteiger partial charge in [0.2, 0.25) is 0 Å². The largest absolute Gasteiger partial charge is 0.436 e. The van der Waals surface area contributed by atoms with Crippen LogP contribution in [0.25, 0.3) is 0 Å². The SMILES string of the molecule is COC(C)OC(=O)C1C2CCC(C2)C1C(=O)OC(C)OC. The number of hydrogen-bond acceptors (Lipinski definition) is 6. The van der Waals surface area contributed by atoms with Crippen molar-refractivity contribution in [3.05, 3.63) is 0 Å². The third-order valence-electron chi connectivity index (χ3n) is 4.69. The molecule has 2 aliphatic rings. The van der Waals surface area contributed by atoms with Gasteiger partial charge in [-0.2, -0.15) is 0 Å². The molecule has 0 heterocycles. The van der Waals surface area contributed by atoms with Gasteiger partial charge in [-0.25, -0.2) is 0 Å². The number of rotatable bonds is 6. The van der Waals surface area contributed by atoms with E-state index in [9.17, 15) is 9.59 Å². The molecule has 0 spiro atoms. The number of ether oxygens (including phenoxy) is 4. The van der Waals surface area contributed by atoms with Crippen molar-refractivity contribution >= 4 is 11.9 Å². The summed E-state index contributed by atoms with van der Waals surface area (Å²) in [6.07, 6.45) is 1.62. The van der Waals surface area contributed by atoms with E-state index in [1.165, 1.54) is 14.2 Å². The molecule has 6 nitrogen and oxygen atoms in total. The summed E-state index contributed by atoms with van der Waals surface area (Å²) in [5.41, 5.74) is 0. The highest BCUT2D eigenvalue weighted by molar-refractivity contribution is 5.83. The lowest BCUT2D eigenvalue weighted by Gasteiger charge is -2.29. The number of methoxy groups -OCH3 is 2. The topological polar surface area (TPSA) is 71.1 Å². The summed E-state index contributed by atoms with van der Waals surface area (Å²) in [4.78, 5) is 24.7. The molecule has 0 aromatic rings. The van der Waals surface area contributed by atoms with Crippen molar-refractivity contribution in [1.82, 2.24) is 0 Å². The highest BCUT2D eigenvalue weighted by atomic mass is 16.7. The Morgan fingerprint density at radius 3 is 1.57 bits per heavy atom. The van der Waals surface area contributed by atoms with E-state index in [1.807, 2.05) is 0 Å². The normalized spacial score (nSPS) is 33.5. The van der Waals surface area contributed by atoms with Gasteiger partial charge in [0.1, 0.15) is 0 Å². The number of carbonyl (C=O) groups excluding carboxylic acids is 2. The van der Waals surface area contributed by atoms with E-state index in [0.29, 0.717) is 0 Å². The van der Waals surface area contributed by atoms with E-state index in [4.69, 9.17) is 18.9 Å². The fraction of sp³-hybridized carbons (Fsp3) is 0.867. The Labute approximate surface area is 125 Å². The number of hydrogen-bond donors (Lipinski definition) is 0. The lowest BCUT2D eigenvalue weighted by molar-refractivity contribution is -0.189. The fourth-order valence-corrected chi connectivity index (χ4v) is 3.55. The molecule has 0 amide bonds. The minimum atomic E-state index is -0.605. The standard InChI is InChI=1S/C15H24O6/c1-8(18-3)20-14(16)12-10-5-6-11(7-10)13(12)15(17)21-9(2)19-4/h8-13H,5-7H2,1-4H3. The summed E-state index contributed by atoms with van der Waals surface area (Å²) in [7, 11) is 2.95. The smallest absolute Gasteiger partial charge is 0.312 e. The second-order valence-corrected chi connectivity index (χ2v) is 5.87. The van der Waals surface area contributed by atoms with Crippen LogP contribution in [0, 0.1) is 23.7 Å². The van der Waals surface area contributed by atoms with Gasteiger partial charge in [-0.05, 0) is 44.9 Å². The van der Waals surface area contributed by atoms with Gasteiger partial charge in [0, 0.05) is 14.2 Å². The third kappa shape index (κ3) is 3.37. The molecule has 6 unspecified atom stereocenters. The zero-order chi connectivity index (χ0) is 15.6. The highest BCUT2D eigenvalue weighted by Gasteiger charge is 2.55. The van der Waals surface area contributed by atoms with Crippen molar-refractivity contribution < 1.29 is 28.5 Å². The summed E-state index contributed by atoms with van der Waals surface area (Å²) >= 11 is 0. The van der Waals surface area contributed by atoms with E-state index in [2.05, 4.69) is 0 Å². The second-order valence-electron chi connectivity index (χ2n) is 5.87. The van der Waals surface area contributed by atoms with E-state index in [0.717, 1.165) is 19.3 Å². The maximum atomic E-state index is 12.3. The van der Waals surface area contributed by atoms with Crippen molar-refractivity contribution in [3.63, 3.8) is 0 Å². The summed E-state index contributed by atoms with van der Waals surface area (Å²) in [6.45, 7) is 3.32. The summed E-state index contributed by atoms with van der Waals surface area (Å²) in [5.74, 6) is -1.13. The van der Waals surface area contributed by atoms with E-state index in [-0.39, 0.29) is 23.8 Å². The molecule has 0 aromatic heterocycles. The van der Waals surface area contributed by atoms with E-state index >= 15 is 0 Å². The van der Waals surface area contributed by atoms with Crippen molar-refractivity contribution in [2.24, 2.45) is 23.7 Å². The van der Waals surface area contributed by atoms with Crippen LogP contribution >= 0.6 is 0 Å². The third-order valence-corrected chi connectivity index (χ3v) is 4.69. The van der Waals surface area contributed by atoms with Crippen molar-refractivity contribution in [2.45, 2.75) is 45.7 Å². The average molecular weight is 300 g/mol. The molecule has 0 N–H and O–H groups in total. The Bertz CT molecular complexity index is 360. The Balaban J connectivity index is 2.07. The molecule has 0 saturated heterocycles. The van der Waals surface area contributed by atoms with E-state index < -0.39 is 24.4 Å². The molecule has 0 aromatic carbocycles. The Morgan fingerprint density at radius 1 is 0.857 bits per heavy atom. The fourth-order valence-electron chi connectivity index (χ4n) is 3.55. The molecule has 2 bridgehead atoms. The van der Waals surface area contributed by atoms with Gasteiger partial charge in [-0.15, -0.1) is 0 Å². The average Bonchev–Trinajstić information content (AvgIpc) is 3.07. The van der Waals surface area contributed by atoms with Crippen LogP contribution in [-0.2, 0) is 28.5 Å². The number of fused-ring (bicyclic) bond motifs is 2. The molecule has 120 valence electrons.